The van der Waals surface area contributed by atoms with E-state index in [4.69, 9.17) is 5.84 Å². The van der Waals surface area contributed by atoms with E-state index in [0.717, 1.165) is 16.4 Å². The Balaban J connectivity index is 2.60. The number of nitrogens with one attached hydrogen (secondary N) is 1. The van der Waals surface area contributed by atoms with Crippen LogP contribution in [0.5, 0.6) is 0 Å². The van der Waals surface area contributed by atoms with Crippen molar-refractivity contribution >= 4 is 32.8 Å². The minimum atomic E-state index is 0.573. The number of hydrogen-bond acceptors (Lipinski definition) is 4. The first kappa shape index (κ1) is 9.36. The van der Waals surface area contributed by atoms with Crippen LogP contribution in [0.3, 0.4) is 0 Å². The Morgan fingerprint density at radius 2 is 2.21 bits per heavy atom. The molecule has 0 amide bonds. The van der Waals surface area contributed by atoms with Gasteiger partial charge in [0.2, 0.25) is 0 Å². The summed E-state index contributed by atoms with van der Waals surface area (Å²) in [6.45, 7) is 0. The van der Waals surface area contributed by atoms with Gasteiger partial charge < -0.3 is 5.43 Å². The highest BCUT2D eigenvalue weighted by molar-refractivity contribution is 9.08. The van der Waals surface area contributed by atoms with Crippen LogP contribution in [0, 0.1) is 0 Å². The SMILES string of the molecule is NNc1cnc2ccc(CBr)cc2n1. The molecule has 0 saturated carbocycles. The Morgan fingerprint density at radius 3 is 2.93 bits per heavy atom. The molecule has 1 heterocycles. The number of alkyl halides is 1. The number of nitrogens with two attached hydrogens (primary N) is 1. The monoisotopic (exact) mass is 252 g/mol. The third-order valence-electron chi connectivity index (χ3n) is 1.91. The number of rotatable bonds is 2. The largest absolute Gasteiger partial charge is 0.307 e. The van der Waals surface area contributed by atoms with Crippen molar-refractivity contribution in [1.29, 1.82) is 0 Å². The number of nitrogen functional groups attached to an aromatic ring is 1. The van der Waals surface area contributed by atoms with Crippen molar-refractivity contribution < 1.29 is 0 Å². The Morgan fingerprint density at radius 1 is 1.36 bits per heavy atom. The molecule has 5 heteroatoms. The third-order valence-corrected chi connectivity index (χ3v) is 2.56. The summed E-state index contributed by atoms with van der Waals surface area (Å²) in [6.07, 6.45) is 1.61. The van der Waals surface area contributed by atoms with Crippen molar-refractivity contribution in [2.45, 2.75) is 5.33 Å². The maximum atomic E-state index is 5.25. The van der Waals surface area contributed by atoms with E-state index in [1.54, 1.807) is 6.20 Å². The fourth-order valence-corrected chi connectivity index (χ4v) is 1.56. The molecule has 3 N–H and O–H groups in total. The number of aromatic nitrogens is 2. The highest BCUT2D eigenvalue weighted by Crippen LogP contribution is 2.15. The third kappa shape index (κ3) is 1.69. The molecule has 2 rings (SSSR count). The van der Waals surface area contributed by atoms with Crippen molar-refractivity contribution in [2.24, 2.45) is 5.84 Å². The molecule has 0 fully saturated rings. The maximum Gasteiger partial charge on any atom is 0.159 e. The highest BCUT2D eigenvalue weighted by atomic mass is 79.9. The van der Waals surface area contributed by atoms with Gasteiger partial charge in [-0.2, -0.15) is 0 Å². The van der Waals surface area contributed by atoms with Crippen LogP contribution in [-0.2, 0) is 5.33 Å². The molecule has 4 nitrogen and oxygen atoms in total. The van der Waals surface area contributed by atoms with Gasteiger partial charge in [-0.15, -0.1) is 0 Å². The molecule has 0 unspecified atom stereocenters. The zero-order valence-corrected chi connectivity index (χ0v) is 8.95. The van der Waals surface area contributed by atoms with Crippen LogP contribution >= 0.6 is 15.9 Å². The van der Waals surface area contributed by atoms with Crippen LogP contribution in [-0.4, -0.2) is 9.97 Å². The lowest BCUT2D eigenvalue weighted by Crippen LogP contribution is -2.08. The predicted molar refractivity (Wildman–Crippen MR) is 60.0 cm³/mol. The average Bonchev–Trinajstić information content (AvgIpc) is 2.27. The Bertz CT molecular complexity index is 419. The zero-order chi connectivity index (χ0) is 9.97. The van der Waals surface area contributed by atoms with Gasteiger partial charge in [0.1, 0.15) is 0 Å². The number of hydrazine groups is 1. The quantitative estimate of drug-likeness (QED) is 0.486. The molecular weight excluding hydrogens is 244 g/mol. The van der Waals surface area contributed by atoms with E-state index in [-0.39, 0.29) is 0 Å². The summed E-state index contributed by atoms with van der Waals surface area (Å²) >= 11 is 3.39. The summed E-state index contributed by atoms with van der Waals surface area (Å²) in [5, 5.41) is 0.810. The molecule has 0 aliphatic heterocycles. The van der Waals surface area contributed by atoms with Crippen molar-refractivity contribution in [1.82, 2.24) is 9.97 Å². The van der Waals surface area contributed by atoms with Crippen LogP contribution in [0.25, 0.3) is 11.0 Å². The van der Waals surface area contributed by atoms with Gasteiger partial charge in [-0.25, -0.2) is 10.8 Å². The van der Waals surface area contributed by atoms with Crippen molar-refractivity contribution in [3.05, 3.63) is 30.0 Å². The molecule has 0 aliphatic rings. The fraction of sp³-hybridized carbons (Fsp3) is 0.111. The van der Waals surface area contributed by atoms with E-state index in [2.05, 4.69) is 31.3 Å². The summed E-state index contributed by atoms with van der Waals surface area (Å²) in [4.78, 5) is 8.49. The Hall–Kier alpha value is -1.20. The summed E-state index contributed by atoms with van der Waals surface area (Å²) in [5.41, 5.74) is 5.35. The lowest BCUT2D eigenvalue weighted by Gasteiger charge is -2.02. The Kier molecular flexibility index (Phi) is 2.60. The number of halogens is 1. The van der Waals surface area contributed by atoms with Gasteiger partial charge in [0, 0.05) is 5.33 Å². The Labute approximate surface area is 89.6 Å². The molecule has 0 saturated heterocycles. The van der Waals surface area contributed by atoms with Gasteiger partial charge in [0.05, 0.1) is 17.2 Å². The highest BCUT2D eigenvalue weighted by Gasteiger charge is 1.99. The van der Waals surface area contributed by atoms with Gasteiger partial charge in [-0.05, 0) is 17.7 Å². The minimum absolute atomic E-state index is 0.573. The second-order valence-corrected chi connectivity index (χ2v) is 3.42. The minimum Gasteiger partial charge on any atom is -0.307 e. The van der Waals surface area contributed by atoms with Gasteiger partial charge in [-0.3, -0.25) is 4.98 Å². The number of hydrogen-bond donors (Lipinski definition) is 2. The fourth-order valence-electron chi connectivity index (χ4n) is 1.21. The standard InChI is InChI=1S/C9H9BrN4/c10-4-6-1-2-7-8(3-6)13-9(14-11)5-12-7/h1-3,5H,4,11H2,(H,13,14). The molecule has 0 spiro atoms. The van der Waals surface area contributed by atoms with Gasteiger partial charge >= 0.3 is 0 Å². The number of fused-ring (bicyclic) bond motifs is 1. The molecule has 14 heavy (non-hydrogen) atoms. The van der Waals surface area contributed by atoms with Gasteiger partial charge in [0.15, 0.2) is 5.82 Å². The first-order valence-electron chi connectivity index (χ1n) is 4.12. The van der Waals surface area contributed by atoms with Crippen molar-refractivity contribution in [3.8, 4) is 0 Å². The van der Waals surface area contributed by atoms with Crippen LogP contribution in [0.15, 0.2) is 24.4 Å². The second-order valence-electron chi connectivity index (χ2n) is 2.86. The summed E-state index contributed by atoms with van der Waals surface area (Å²) in [6, 6.07) is 5.94. The predicted octanol–water partition coefficient (Wildman–Crippen LogP) is 1.81. The summed E-state index contributed by atoms with van der Waals surface area (Å²) < 4.78 is 0. The van der Waals surface area contributed by atoms with Crippen LogP contribution < -0.4 is 11.3 Å². The van der Waals surface area contributed by atoms with Crippen molar-refractivity contribution in [3.63, 3.8) is 0 Å². The normalized spacial score (nSPS) is 10.4. The van der Waals surface area contributed by atoms with Gasteiger partial charge in [0.25, 0.3) is 0 Å². The molecule has 1 aromatic heterocycles. The van der Waals surface area contributed by atoms with E-state index in [1.165, 1.54) is 5.56 Å². The summed E-state index contributed by atoms with van der Waals surface area (Å²) in [7, 11) is 0. The molecule has 0 bridgehead atoms. The van der Waals surface area contributed by atoms with E-state index >= 15 is 0 Å². The molecule has 2 aromatic rings. The first-order chi connectivity index (χ1) is 6.83. The van der Waals surface area contributed by atoms with E-state index < -0.39 is 0 Å². The smallest absolute Gasteiger partial charge is 0.159 e. The molecule has 0 atom stereocenters. The zero-order valence-electron chi connectivity index (χ0n) is 7.37. The lowest BCUT2D eigenvalue weighted by molar-refractivity contribution is 1.21. The average molecular weight is 253 g/mol. The first-order valence-corrected chi connectivity index (χ1v) is 5.24. The molecule has 0 radical (unpaired) electrons. The number of benzene rings is 1. The molecular formula is C9H9BrN4. The van der Waals surface area contributed by atoms with Crippen LogP contribution in [0.4, 0.5) is 5.82 Å². The van der Waals surface area contributed by atoms with Crippen molar-refractivity contribution in [2.75, 3.05) is 5.43 Å². The number of nitrogens with zero attached hydrogens (tertiary/aromatic N) is 2. The van der Waals surface area contributed by atoms with E-state index in [9.17, 15) is 0 Å². The second kappa shape index (κ2) is 3.89. The summed E-state index contributed by atoms with van der Waals surface area (Å²) in [5.74, 6) is 5.82. The topological polar surface area (TPSA) is 63.8 Å². The molecule has 72 valence electrons. The maximum absolute atomic E-state index is 5.25. The lowest BCUT2D eigenvalue weighted by atomic mass is 10.2. The van der Waals surface area contributed by atoms with Gasteiger partial charge in [-0.1, -0.05) is 22.0 Å². The molecule has 0 aliphatic carbocycles. The van der Waals surface area contributed by atoms with E-state index in [1.807, 2.05) is 18.2 Å². The molecule has 1 aromatic carbocycles. The number of anilines is 1. The van der Waals surface area contributed by atoms with E-state index in [0.29, 0.717) is 5.82 Å². The van der Waals surface area contributed by atoms with Crippen LogP contribution in [0.1, 0.15) is 5.56 Å². The van der Waals surface area contributed by atoms with Crippen LogP contribution in [0.2, 0.25) is 0 Å².